The molecule has 11 rings (SSSR count). The van der Waals surface area contributed by atoms with E-state index in [2.05, 4.69) is 210 Å². The molecule has 9 aromatic rings. The van der Waals surface area contributed by atoms with E-state index in [1.807, 2.05) is 23.5 Å². The number of benzene rings is 9. The highest BCUT2D eigenvalue weighted by Gasteiger charge is 2.39. The molecule has 0 aliphatic carbocycles. The van der Waals surface area contributed by atoms with Crippen LogP contribution in [0, 0.1) is 0 Å². The molecule has 0 radical (unpaired) electrons. The summed E-state index contributed by atoms with van der Waals surface area (Å²) in [5.41, 5.74) is 15.9. The zero-order chi connectivity index (χ0) is 39.8. The second kappa shape index (κ2) is 14.2. The summed E-state index contributed by atoms with van der Waals surface area (Å²) < 4.78 is 0. The van der Waals surface area contributed by atoms with Gasteiger partial charge in [-0.1, -0.05) is 214 Å². The van der Waals surface area contributed by atoms with Gasteiger partial charge in [-0.05, 0) is 113 Å². The van der Waals surface area contributed by atoms with Gasteiger partial charge in [-0.3, -0.25) is 0 Å². The average molecular weight is 791 g/mol. The van der Waals surface area contributed by atoms with Crippen LogP contribution in [-0.4, -0.2) is 6.71 Å². The molecule has 0 aromatic heterocycles. The van der Waals surface area contributed by atoms with Crippen molar-refractivity contribution in [2.75, 3.05) is 0 Å². The van der Waals surface area contributed by atoms with E-state index in [0.29, 0.717) is 5.92 Å². The van der Waals surface area contributed by atoms with Gasteiger partial charge in [0.05, 0.1) is 0 Å². The number of rotatable bonds is 6. The lowest BCUT2D eigenvalue weighted by atomic mass is 9.36. The summed E-state index contributed by atoms with van der Waals surface area (Å²) in [5, 5.41) is 5.14. The first-order valence-electron chi connectivity index (χ1n) is 20.8. The first kappa shape index (κ1) is 36.4. The predicted octanol–water partition coefficient (Wildman–Crippen LogP) is 13.9. The Morgan fingerprint density at radius 1 is 0.407 bits per heavy atom. The molecule has 9 aromatic carbocycles. The minimum absolute atomic E-state index is 0.117. The molecule has 2 aliphatic heterocycles. The van der Waals surface area contributed by atoms with Crippen LogP contribution < -0.4 is 16.4 Å². The van der Waals surface area contributed by atoms with Crippen LogP contribution in [0.2, 0.25) is 0 Å². The Balaban J connectivity index is 1.10. The fraction of sp³-hybridized carbons (Fsp3) is 0.107. The third-order valence-electron chi connectivity index (χ3n) is 12.8. The van der Waals surface area contributed by atoms with Crippen molar-refractivity contribution in [3.05, 3.63) is 199 Å². The predicted molar refractivity (Wildman–Crippen MR) is 256 cm³/mol. The van der Waals surface area contributed by atoms with E-state index in [1.54, 1.807) is 0 Å². The van der Waals surface area contributed by atoms with Gasteiger partial charge in [0.1, 0.15) is 0 Å². The SMILES string of the molecule is CC(C)c1cc(-c2cc3c4c(c2)Sc2ccc(C(C)(C)c5ccccc5)cc2B4c2ccccc2S3)cc(-c2c3ccccc3c(-c3ccccc3)c3ccccc23)c1. The zero-order valence-corrected chi connectivity index (χ0v) is 35.4. The Morgan fingerprint density at radius 3 is 1.54 bits per heavy atom. The van der Waals surface area contributed by atoms with Crippen LogP contribution in [0.5, 0.6) is 0 Å². The molecule has 0 saturated heterocycles. The molecule has 282 valence electrons. The highest BCUT2D eigenvalue weighted by molar-refractivity contribution is 8.01. The summed E-state index contributed by atoms with van der Waals surface area (Å²) in [4.78, 5) is 5.44. The summed E-state index contributed by atoms with van der Waals surface area (Å²) in [6, 6.07) is 68.6. The lowest BCUT2D eigenvalue weighted by Gasteiger charge is -2.35. The first-order valence-corrected chi connectivity index (χ1v) is 22.4. The summed E-state index contributed by atoms with van der Waals surface area (Å²) >= 11 is 3.89. The molecule has 59 heavy (non-hydrogen) atoms. The van der Waals surface area contributed by atoms with Crippen molar-refractivity contribution in [2.24, 2.45) is 0 Å². The lowest BCUT2D eigenvalue weighted by Crippen LogP contribution is -2.58. The molecule has 0 spiro atoms. The normalized spacial score (nSPS) is 13.1. The van der Waals surface area contributed by atoms with Crippen molar-refractivity contribution in [3.63, 3.8) is 0 Å². The van der Waals surface area contributed by atoms with Gasteiger partial charge in [0.2, 0.25) is 6.71 Å². The molecule has 0 amide bonds. The van der Waals surface area contributed by atoms with E-state index in [4.69, 9.17) is 0 Å². The third kappa shape index (κ3) is 6.01. The van der Waals surface area contributed by atoms with E-state index in [-0.39, 0.29) is 12.1 Å². The Labute approximate surface area is 356 Å². The lowest BCUT2D eigenvalue weighted by molar-refractivity contribution is 0.641. The van der Waals surface area contributed by atoms with Gasteiger partial charge in [-0.15, -0.1) is 0 Å². The van der Waals surface area contributed by atoms with Gasteiger partial charge >= 0.3 is 0 Å². The minimum atomic E-state index is -0.117. The summed E-state index contributed by atoms with van der Waals surface area (Å²) in [6.07, 6.45) is 0. The molecule has 0 fully saturated rings. The fourth-order valence-electron chi connectivity index (χ4n) is 9.68. The standard InChI is InChI=1S/C56H43BS2/c1-35(2)37-29-38(31-40(30-37)54-45-23-13-11-21-43(45)53(36-17-7-5-8-18-36)44-22-12-14-24-46(44)54)39-32-51-55-52(33-39)59-50-28-27-42(56(3,4)41-19-9-6-10-20-41)34-48(50)57(55)47-25-15-16-26-49(47)58-51/h5-35H,1-4H3. The van der Waals surface area contributed by atoms with Crippen LogP contribution in [0.1, 0.15) is 50.3 Å². The van der Waals surface area contributed by atoms with E-state index in [0.717, 1.165) is 0 Å². The van der Waals surface area contributed by atoms with Crippen molar-refractivity contribution < 1.29 is 0 Å². The van der Waals surface area contributed by atoms with Crippen LogP contribution in [-0.2, 0) is 5.41 Å². The Hall–Kier alpha value is -5.74. The maximum atomic E-state index is 2.52. The van der Waals surface area contributed by atoms with Crippen LogP contribution >= 0.6 is 23.5 Å². The number of fused-ring (bicyclic) bond motifs is 6. The van der Waals surface area contributed by atoms with Crippen molar-refractivity contribution in [1.82, 2.24) is 0 Å². The van der Waals surface area contributed by atoms with E-state index in [9.17, 15) is 0 Å². The quantitative estimate of drug-likeness (QED) is 0.122. The van der Waals surface area contributed by atoms with Crippen molar-refractivity contribution in [2.45, 2.75) is 58.6 Å². The Morgan fingerprint density at radius 2 is 0.915 bits per heavy atom. The average Bonchev–Trinajstić information content (AvgIpc) is 3.28. The summed E-state index contributed by atoms with van der Waals surface area (Å²) in [7, 11) is 0. The molecule has 2 heterocycles. The second-order valence-corrected chi connectivity index (χ2v) is 19.2. The number of hydrogen-bond donors (Lipinski definition) is 0. The van der Waals surface area contributed by atoms with Gasteiger partial charge in [0.25, 0.3) is 0 Å². The maximum Gasteiger partial charge on any atom is 0.247 e. The van der Waals surface area contributed by atoms with Gasteiger partial charge in [-0.25, -0.2) is 0 Å². The molecular weight excluding hydrogens is 748 g/mol. The molecule has 0 N–H and O–H groups in total. The van der Waals surface area contributed by atoms with E-state index >= 15 is 0 Å². The van der Waals surface area contributed by atoms with Crippen LogP contribution in [0.3, 0.4) is 0 Å². The molecule has 0 nitrogen and oxygen atoms in total. The summed E-state index contributed by atoms with van der Waals surface area (Å²) in [6.45, 7) is 9.56. The van der Waals surface area contributed by atoms with Gasteiger partial charge in [-0.2, -0.15) is 0 Å². The van der Waals surface area contributed by atoms with Gasteiger partial charge in [0.15, 0.2) is 0 Å². The Bertz CT molecular complexity index is 3030. The first-order chi connectivity index (χ1) is 28.8. The smallest absolute Gasteiger partial charge is 0.0911 e. The summed E-state index contributed by atoms with van der Waals surface area (Å²) in [5.74, 6) is 0.368. The van der Waals surface area contributed by atoms with Gasteiger partial charge in [0, 0.05) is 25.0 Å². The molecular formula is C56H43BS2. The second-order valence-electron chi connectivity index (χ2n) is 17.0. The van der Waals surface area contributed by atoms with Crippen LogP contribution in [0.15, 0.2) is 202 Å². The van der Waals surface area contributed by atoms with Crippen LogP contribution in [0.25, 0.3) is 54.9 Å². The highest BCUT2D eigenvalue weighted by atomic mass is 32.2. The number of hydrogen-bond acceptors (Lipinski definition) is 2. The minimum Gasteiger partial charge on any atom is -0.0911 e. The molecule has 0 atom stereocenters. The van der Waals surface area contributed by atoms with Crippen molar-refractivity contribution >= 4 is 68.2 Å². The maximum absolute atomic E-state index is 2.52. The highest BCUT2D eigenvalue weighted by Crippen LogP contribution is 2.47. The van der Waals surface area contributed by atoms with E-state index < -0.39 is 0 Å². The molecule has 0 bridgehead atoms. The zero-order valence-electron chi connectivity index (χ0n) is 33.8. The van der Waals surface area contributed by atoms with Crippen molar-refractivity contribution in [1.29, 1.82) is 0 Å². The molecule has 0 unspecified atom stereocenters. The van der Waals surface area contributed by atoms with Crippen LogP contribution in [0.4, 0.5) is 0 Å². The fourth-order valence-corrected chi connectivity index (χ4v) is 12.1. The van der Waals surface area contributed by atoms with Crippen molar-refractivity contribution in [3.8, 4) is 33.4 Å². The topological polar surface area (TPSA) is 0 Å². The Kier molecular flexibility index (Phi) is 8.76. The third-order valence-corrected chi connectivity index (χ3v) is 15.1. The molecule has 3 heteroatoms. The van der Waals surface area contributed by atoms with Gasteiger partial charge < -0.3 is 0 Å². The largest absolute Gasteiger partial charge is 0.247 e. The molecule has 0 saturated carbocycles. The monoisotopic (exact) mass is 790 g/mol. The van der Waals surface area contributed by atoms with E-state index in [1.165, 1.54) is 108 Å². The molecule has 2 aliphatic rings.